The molecule has 0 saturated heterocycles. The average molecular weight is 218 g/mol. The van der Waals surface area contributed by atoms with Crippen molar-refractivity contribution in [2.45, 2.75) is 44.6 Å². The third-order valence-corrected chi connectivity index (χ3v) is 2.91. The molecule has 0 aliphatic carbocycles. The maximum atomic E-state index is 10.1. The van der Waals surface area contributed by atoms with Gasteiger partial charge in [-0.15, -0.1) is 6.58 Å². The lowest BCUT2D eigenvalue weighted by Crippen LogP contribution is -2.23. The van der Waals surface area contributed by atoms with Gasteiger partial charge in [-0.3, -0.25) is 0 Å². The van der Waals surface area contributed by atoms with E-state index in [-0.39, 0.29) is 0 Å². The third kappa shape index (κ3) is 5.13. The van der Waals surface area contributed by atoms with Crippen molar-refractivity contribution in [1.29, 1.82) is 0 Å². The second-order valence-electron chi connectivity index (χ2n) is 4.66. The number of hydrogen-bond acceptors (Lipinski definition) is 1. The van der Waals surface area contributed by atoms with Crippen LogP contribution in [0.5, 0.6) is 0 Å². The van der Waals surface area contributed by atoms with E-state index in [2.05, 4.69) is 30.8 Å². The van der Waals surface area contributed by atoms with E-state index in [0.29, 0.717) is 0 Å². The van der Waals surface area contributed by atoms with Crippen molar-refractivity contribution in [3.05, 3.63) is 48.6 Å². The Balaban J connectivity index is 2.27. The van der Waals surface area contributed by atoms with E-state index in [1.54, 1.807) is 0 Å². The molecule has 0 aliphatic rings. The highest BCUT2D eigenvalue weighted by Gasteiger charge is 2.18. The molecule has 88 valence electrons. The molecule has 0 fully saturated rings. The van der Waals surface area contributed by atoms with Crippen molar-refractivity contribution >= 4 is 0 Å². The Kier molecular flexibility index (Phi) is 5.27. The van der Waals surface area contributed by atoms with Crippen LogP contribution in [0.25, 0.3) is 0 Å². The topological polar surface area (TPSA) is 20.2 Å². The van der Waals surface area contributed by atoms with Gasteiger partial charge in [0.1, 0.15) is 0 Å². The maximum Gasteiger partial charge on any atom is 0.0622 e. The fourth-order valence-corrected chi connectivity index (χ4v) is 1.86. The number of rotatable bonds is 7. The maximum absolute atomic E-state index is 10.1. The molecule has 0 radical (unpaired) electrons. The van der Waals surface area contributed by atoms with Gasteiger partial charge in [0.05, 0.1) is 5.60 Å². The minimum absolute atomic E-state index is 0.539. The van der Waals surface area contributed by atoms with Crippen molar-refractivity contribution in [3.8, 4) is 0 Å². The quantitative estimate of drug-likeness (QED) is 0.691. The van der Waals surface area contributed by atoms with Crippen LogP contribution < -0.4 is 0 Å². The summed E-state index contributed by atoms with van der Waals surface area (Å²) in [6.45, 7) is 5.60. The minimum atomic E-state index is -0.539. The van der Waals surface area contributed by atoms with Crippen LogP contribution in [0.1, 0.15) is 38.2 Å². The zero-order valence-electron chi connectivity index (χ0n) is 10.2. The average Bonchev–Trinajstić information content (AvgIpc) is 2.28. The van der Waals surface area contributed by atoms with Gasteiger partial charge in [-0.05, 0) is 44.6 Å². The standard InChI is InChI=1S/C15H22O/c1-3-4-12-15(2,16)13-8-11-14-9-6-5-7-10-14/h3,5-7,9-10,16H,1,4,8,11-13H2,2H3. The van der Waals surface area contributed by atoms with Gasteiger partial charge in [-0.2, -0.15) is 0 Å². The van der Waals surface area contributed by atoms with E-state index in [9.17, 15) is 5.11 Å². The largest absolute Gasteiger partial charge is 0.390 e. The highest BCUT2D eigenvalue weighted by Crippen LogP contribution is 2.20. The molecule has 0 heterocycles. The molecule has 0 spiro atoms. The van der Waals surface area contributed by atoms with Gasteiger partial charge in [-0.25, -0.2) is 0 Å². The molecule has 16 heavy (non-hydrogen) atoms. The van der Waals surface area contributed by atoms with Gasteiger partial charge in [0.25, 0.3) is 0 Å². The van der Waals surface area contributed by atoms with Crippen molar-refractivity contribution in [2.75, 3.05) is 0 Å². The molecule has 0 amide bonds. The van der Waals surface area contributed by atoms with Crippen LogP contribution in [0.4, 0.5) is 0 Å². The Morgan fingerprint density at radius 3 is 2.56 bits per heavy atom. The van der Waals surface area contributed by atoms with E-state index in [1.165, 1.54) is 5.56 Å². The smallest absolute Gasteiger partial charge is 0.0622 e. The lowest BCUT2D eigenvalue weighted by molar-refractivity contribution is 0.0411. The molecule has 0 aromatic heterocycles. The Bertz CT molecular complexity index is 300. The van der Waals surface area contributed by atoms with Crippen LogP contribution >= 0.6 is 0 Å². The molecule has 1 heteroatoms. The van der Waals surface area contributed by atoms with Crippen LogP contribution in [-0.4, -0.2) is 10.7 Å². The fraction of sp³-hybridized carbons (Fsp3) is 0.467. The molecular weight excluding hydrogens is 196 g/mol. The van der Waals surface area contributed by atoms with Crippen molar-refractivity contribution in [3.63, 3.8) is 0 Å². The Morgan fingerprint density at radius 1 is 1.25 bits per heavy atom. The van der Waals surface area contributed by atoms with Crippen molar-refractivity contribution in [1.82, 2.24) is 0 Å². The van der Waals surface area contributed by atoms with Crippen LogP contribution in [-0.2, 0) is 6.42 Å². The van der Waals surface area contributed by atoms with Crippen LogP contribution in [0, 0.1) is 0 Å². The lowest BCUT2D eigenvalue weighted by Gasteiger charge is -2.22. The van der Waals surface area contributed by atoms with Gasteiger partial charge >= 0.3 is 0 Å². The molecule has 1 N–H and O–H groups in total. The number of hydrogen-bond donors (Lipinski definition) is 1. The SMILES string of the molecule is C=CCCC(C)(O)CCCc1ccccc1. The van der Waals surface area contributed by atoms with Gasteiger partial charge in [-0.1, -0.05) is 36.4 Å². The van der Waals surface area contributed by atoms with E-state index < -0.39 is 5.60 Å². The van der Waals surface area contributed by atoms with E-state index in [0.717, 1.165) is 32.1 Å². The predicted octanol–water partition coefficient (Wildman–Crippen LogP) is 3.73. The predicted molar refractivity (Wildman–Crippen MR) is 69.4 cm³/mol. The Hall–Kier alpha value is -1.08. The van der Waals surface area contributed by atoms with E-state index >= 15 is 0 Å². The van der Waals surface area contributed by atoms with Gasteiger partial charge in [0.15, 0.2) is 0 Å². The second kappa shape index (κ2) is 6.49. The summed E-state index contributed by atoms with van der Waals surface area (Å²) >= 11 is 0. The molecule has 1 aromatic rings. The van der Waals surface area contributed by atoms with Crippen molar-refractivity contribution in [2.24, 2.45) is 0 Å². The summed E-state index contributed by atoms with van der Waals surface area (Å²) in [7, 11) is 0. The van der Waals surface area contributed by atoms with Crippen molar-refractivity contribution < 1.29 is 5.11 Å². The summed E-state index contributed by atoms with van der Waals surface area (Å²) in [6, 6.07) is 10.4. The molecule has 1 nitrogen and oxygen atoms in total. The first-order valence-electron chi connectivity index (χ1n) is 6.01. The molecular formula is C15H22O. The zero-order valence-corrected chi connectivity index (χ0v) is 10.2. The minimum Gasteiger partial charge on any atom is -0.390 e. The first kappa shape index (κ1) is 13.0. The summed E-state index contributed by atoms with van der Waals surface area (Å²) in [5.41, 5.74) is 0.810. The fourth-order valence-electron chi connectivity index (χ4n) is 1.86. The molecule has 1 rings (SSSR count). The number of aliphatic hydroxyl groups is 1. The lowest BCUT2D eigenvalue weighted by atomic mass is 9.92. The first-order chi connectivity index (χ1) is 7.64. The monoisotopic (exact) mass is 218 g/mol. The molecule has 0 bridgehead atoms. The number of aryl methyl sites for hydroxylation is 1. The van der Waals surface area contributed by atoms with Crippen LogP contribution in [0.15, 0.2) is 43.0 Å². The van der Waals surface area contributed by atoms with Gasteiger partial charge in [0.2, 0.25) is 0 Å². The molecule has 1 aromatic carbocycles. The van der Waals surface area contributed by atoms with Crippen LogP contribution in [0.3, 0.4) is 0 Å². The van der Waals surface area contributed by atoms with E-state index in [4.69, 9.17) is 0 Å². The molecule has 1 unspecified atom stereocenters. The zero-order chi connectivity index (χ0) is 11.9. The normalized spacial score (nSPS) is 14.4. The number of allylic oxidation sites excluding steroid dienone is 1. The number of benzene rings is 1. The van der Waals surface area contributed by atoms with E-state index in [1.807, 2.05) is 19.1 Å². The van der Waals surface area contributed by atoms with Gasteiger partial charge in [0, 0.05) is 0 Å². The summed E-state index contributed by atoms with van der Waals surface area (Å²) in [5, 5.41) is 10.1. The van der Waals surface area contributed by atoms with Crippen LogP contribution in [0.2, 0.25) is 0 Å². The third-order valence-electron chi connectivity index (χ3n) is 2.91. The Morgan fingerprint density at radius 2 is 1.94 bits per heavy atom. The highest BCUT2D eigenvalue weighted by atomic mass is 16.3. The summed E-state index contributed by atoms with van der Waals surface area (Å²) in [6.07, 6.45) is 6.50. The summed E-state index contributed by atoms with van der Waals surface area (Å²) in [4.78, 5) is 0. The molecule has 0 saturated carbocycles. The summed E-state index contributed by atoms with van der Waals surface area (Å²) in [5.74, 6) is 0. The van der Waals surface area contributed by atoms with Gasteiger partial charge < -0.3 is 5.11 Å². The highest BCUT2D eigenvalue weighted by molar-refractivity contribution is 5.14. The molecule has 1 atom stereocenters. The first-order valence-corrected chi connectivity index (χ1v) is 6.01. The Labute approximate surface area is 98.8 Å². The summed E-state index contributed by atoms with van der Waals surface area (Å²) < 4.78 is 0. The second-order valence-corrected chi connectivity index (χ2v) is 4.66. The molecule has 0 aliphatic heterocycles.